The quantitative estimate of drug-likeness (QED) is 0.576. The molecular formula is C22H22N2O3S. The van der Waals surface area contributed by atoms with Gasteiger partial charge in [-0.15, -0.1) is 0 Å². The van der Waals surface area contributed by atoms with Crippen molar-refractivity contribution >= 4 is 17.8 Å². The molecule has 0 spiro atoms. The Balaban J connectivity index is 1.70. The van der Waals surface area contributed by atoms with Gasteiger partial charge in [-0.05, 0) is 48.1 Å². The molecule has 3 aromatic rings. The van der Waals surface area contributed by atoms with Crippen LogP contribution in [0.5, 0.6) is 5.75 Å². The van der Waals surface area contributed by atoms with Crippen molar-refractivity contribution in [1.82, 2.24) is 9.55 Å². The van der Waals surface area contributed by atoms with Crippen molar-refractivity contribution in [2.24, 2.45) is 0 Å². The monoisotopic (exact) mass is 394 g/mol. The highest BCUT2D eigenvalue weighted by molar-refractivity contribution is 7.92. The SMILES string of the molecule is O=C1CCCc2c1ccc(O[C@H](Cn1ccnc1)c1ccccc1)c2CSO. The molecule has 5 nitrogen and oxygen atoms in total. The maximum absolute atomic E-state index is 12.3. The summed E-state index contributed by atoms with van der Waals surface area (Å²) in [6.07, 6.45) is 7.49. The van der Waals surface area contributed by atoms with Gasteiger partial charge in [0.1, 0.15) is 11.9 Å². The van der Waals surface area contributed by atoms with Gasteiger partial charge in [0.25, 0.3) is 0 Å². The number of aromatic nitrogens is 2. The molecule has 0 radical (unpaired) electrons. The molecule has 0 saturated carbocycles. The third kappa shape index (κ3) is 3.98. The summed E-state index contributed by atoms with van der Waals surface area (Å²) in [5, 5.41) is 0. The lowest BCUT2D eigenvalue weighted by molar-refractivity contribution is 0.0972. The van der Waals surface area contributed by atoms with Gasteiger partial charge in [0.2, 0.25) is 0 Å². The lowest BCUT2D eigenvalue weighted by Crippen LogP contribution is -2.18. The van der Waals surface area contributed by atoms with Crippen LogP contribution in [0.4, 0.5) is 0 Å². The number of imidazole rings is 1. The molecule has 0 amide bonds. The number of hydrogen-bond donors (Lipinski definition) is 1. The molecule has 0 bridgehead atoms. The van der Waals surface area contributed by atoms with Crippen LogP contribution in [0.25, 0.3) is 0 Å². The molecule has 1 N–H and O–H groups in total. The van der Waals surface area contributed by atoms with Crippen molar-refractivity contribution in [3.05, 3.63) is 83.4 Å². The zero-order valence-corrected chi connectivity index (χ0v) is 16.3. The second-order valence-corrected chi connectivity index (χ2v) is 7.44. The average molecular weight is 394 g/mol. The summed E-state index contributed by atoms with van der Waals surface area (Å²) in [6, 6.07) is 13.8. The Morgan fingerprint density at radius 1 is 1.18 bits per heavy atom. The third-order valence-corrected chi connectivity index (χ3v) is 5.52. The van der Waals surface area contributed by atoms with E-state index in [1.807, 2.05) is 53.2 Å². The van der Waals surface area contributed by atoms with Crippen molar-refractivity contribution in [2.75, 3.05) is 0 Å². The van der Waals surface area contributed by atoms with Crippen molar-refractivity contribution in [3.8, 4) is 5.75 Å². The molecule has 1 atom stereocenters. The fraction of sp³-hybridized carbons (Fsp3) is 0.273. The standard InChI is InChI=1S/C22H22N2O3S/c25-20-8-4-7-17-18(20)9-10-21(19(17)14-28-26)27-22(13-24-12-11-23-15-24)16-5-2-1-3-6-16/h1-3,5-6,9-12,15,22,26H,4,7-8,13-14H2/t22-/m1/s1. The van der Waals surface area contributed by atoms with E-state index in [1.54, 1.807) is 12.5 Å². The second kappa shape index (κ2) is 8.63. The van der Waals surface area contributed by atoms with Gasteiger partial charge in [-0.1, -0.05) is 30.3 Å². The van der Waals surface area contributed by atoms with Crippen molar-refractivity contribution in [1.29, 1.82) is 0 Å². The predicted molar refractivity (Wildman–Crippen MR) is 110 cm³/mol. The molecule has 4 rings (SSSR count). The van der Waals surface area contributed by atoms with Crippen LogP contribution in [0.3, 0.4) is 0 Å². The number of ether oxygens (including phenoxy) is 1. The topological polar surface area (TPSA) is 64.4 Å². The van der Waals surface area contributed by atoms with Crippen LogP contribution in [-0.4, -0.2) is 19.9 Å². The summed E-state index contributed by atoms with van der Waals surface area (Å²) in [5.74, 6) is 1.30. The highest BCUT2D eigenvalue weighted by atomic mass is 32.2. The van der Waals surface area contributed by atoms with Gasteiger partial charge in [-0.2, -0.15) is 0 Å². The summed E-state index contributed by atoms with van der Waals surface area (Å²) in [7, 11) is 0. The lowest BCUT2D eigenvalue weighted by atomic mass is 9.87. The number of hydrogen-bond acceptors (Lipinski definition) is 5. The largest absolute Gasteiger partial charge is 0.484 e. The Morgan fingerprint density at radius 2 is 2.04 bits per heavy atom. The van der Waals surface area contributed by atoms with E-state index in [0.717, 1.165) is 52.9 Å². The predicted octanol–water partition coefficient (Wildman–Crippen LogP) is 4.93. The Morgan fingerprint density at radius 3 is 2.79 bits per heavy atom. The summed E-state index contributed by atoms with van der Waals surface area (Å²) in [6.45, 7) is 0.617. The molecule has 0 saturated heterocycles. The number of benzene rings is 2. The molecule has 1 aliphatic carbocycles. The number of carbonyl (C=O) groups is 1. The Labute approximate surface area is 168 Å². The van der Waals surface area contributed by atoms with E-state index < -0.39 is 0 Å². The van der Waals surface area contributed by atoms with Crippen molar-refractivity contribution < 1.29 is 14.1 Å². The van der Waals surface area contributed by atoms with Crippen molar-refractivity contribution in [2.45, 2.75) is 37.7 Å². The van der Waals surface area contributed by atoms with E-state index in [0.29, 0.717) is 18.7 Å². The van der Waals surface area contributed by atoms with Gasteiger partial charge >= 0.3 is 0 Å². The number of rotatable bonds is 7. The molecule has 1 aromatic heterocycles. The maximum atomic E-state index is 12.3. The minimum absolute atomic E-state index is 0.176. The zero-order valence-electron chi connectivity index (χ0n) is 15.5. The van der Waals surface area contributed by atoms with Crippen LogP contribution >= 0.6 is 12.0 Å². The summed E-state index contributed by atoms with van der Waals surface area (Å²) in [4.78, 5) is 16.4. The molecular weight excluding hydrogens is 372 g/mol. The molecule has 28 heavy (non-hydrogen) atoms. The van der Waals surface area contributed by atoms with Crippen LogP contribution in [0.15, 0.2) is 61.2 Å². The molecule has 1 aliphatic rings. The molecule has 0 unspecified atom stereocenters. The Hall–Kier alpha value is -2.57. The van der Waals surface area contributed by atoms with Gasteiger partial charge in [0, 0.05) is 35.7 Å². The summed E-state index contributed by atoms with van der Waals surface area (Å²) in [5.41, 5.74) is 3.77. The van der Waals surface area contributed by atoms with E-state index in [2.05, 4.69) is 4.98 Å². The second-order valence-electron chi connectivity index (χ2n) is 6.90. The third-order valence-electron chi connectivity index (χ3n) is 5.10. The lowest BCUT2D eigenvalue weighted by Gasteiger charge is -2.25. The van der Waals surface area contributed by atoms with Gasteiger partial charge in [-0.3, -0.25) is 4.79 Å². The normalized spacial score (nSPS) is 14.5. The fourth-order valence-electron chi connectivity index (χ4n) is 3.73. The van der Waals surface area contributed by atoms with Crippen LogP contribution in [0.2, 0.25) is 0 Å². The maximum Gasteiger partial charge on any atom is 0.163 e. The molecule has 1 heterocycles. The van der Waals surface area contributed by atoms with Crippen LogP contribution < -0.4 is 4.74 Å². The van der Waals surface area contributed by atoms with Crippen molar-refractivity contribution in [3.63, 3.8) is 0 Å². The minimum Gasteiger partial charge on any atom is -0.484 e. The zero-order chi connectivity index (χ0) is 19.3. The van der Waals surface area contributed by atoms with Gasteiger partial charge in [0.15, 0.2) is 5.78 Å². The number of ketones is 1. The fourth-order valence-corrected chi connectivity index (χ4v) is 4.18. The van der Waals surface area contributed by atoms with Crippen LogP contribution in [0, 0.1) is 0 Å². The first-order valence-corrected chi connectivity index (χ1v) is 10.3. The Kier molecular flexibility index (Phi) is 5.78. The molecule has 144 valence electrons. The van der Waals surface area contributed by atoms with E-state index in [-0.39, 0.29) is 11.9 Å². The smallest absolute Gasteiger partial charge is 0.163 e. The van der Waals surface area contributed by atoms with Gasteiger partial charge in [-0.25, -0.2) is 4.98 Å². The number of nitrogens with zero attached hydrogens (tertiary/aromatic N) is 2. The van der Waals surface area contributed by atoms with Crippen LogP contribution in [-0.2, 0) is 18.7 Å². The number of Topliss-reactive ketones (excluding diaryl/α,β-unsaturated/α-hetero) is 1. The van der Waals surface area contributed by atoms with E-state index in [1.165, 1.54) is 0 Å². The first-order valence-electron chi connectivity index (χ1n) is 9.38. The van der Waals surface area contributed by atoms with Gasteiger partial charge in [0.05, 0.1) is 12.9 Å². The highest BCUT2D eigenvalue weighted by Crippen LogP contribution is 2.36. The highest BCUT2D eigenvalue weighted by Gasteiger charge is 2.24. The summed E-state index contributed by atoms with van der Waals surface area (Å²) < 4.78 is 18.0. The molecule has 0 aliphatic heterocycles. The van der Waals surface area contributed by atoms with E-state index in [9.17, 15) is 9.35 Å². The summed E-state index contributed by atoms with van der Waals surface area (Å²) >= 11 is 0.765. The minimum atomic E-state index is -0.213. The number of carbonyl (C=O) groups excluding carboxylic acids is 1. The molecule has 2 aromatic carbocycles. The van der Waals surface area contributed by atoms with Gasteiger partial charge < -0.3 is 13.9 Å². The molecule has 6 heteroatoms. The van der Waals surface area contributed by atoms with Crippen LogP contribution in [0.1, 0.15) is 46.0 Å². The number of fused-ring (bicyclic) bond motifs is 1. The first-order chi connectivity index (χ1) is 13.8. The average Bonchev–Trinajstić information content (AvgIpc) is 3.23. The first kappa shape index (κ1) is 18.8. The Bertz CT molecular complexity index is 942. The van der Waals surface area contributed by atoms with E-state index >= 15 is 0 Å². The van der Waals surface area contributed by atoms with E-state index in [4.69, 9.17) is 4.74 Å². The molecule has 0 fully saturated rings.